The van der Waals surface area contributed by atoms with Crippen LogP contribution >= 0.6 is 11.6 Å². The molecule has 11 heteroatoms. The molecule has 0 aromatic heterocycles. The molecule has 3 rings (SSSR count). The Hall–Kier alpha value is -3.50. The van der Waals surface area contributed by atoms with Gasteiger partial charge in [0.2, 0.25) is 0 Å². The van der Waals surface area contributed by atoms with Crippen LogP contribution in [0.4, 0.5) is 5.69 Å². The quantitative estimate of drug-likeness (QED) is 0.289. The maximum absolute atomic E-state index is 13.3. The summed E-state index contributed by atoms with van der Waals surface area (Å²) in [5.41, 5.74) is -1.26. The molecule has 1 aliphatic heterocycles. The van der Waals surface area contributed by atoms with Crippen molar-refractivity contribution in [3.63, 3.8) is 0 Å². The molecule has 2 aromatic rings. The highest BCUT2D eigenvalue weighted by molar-refractivity contribution is 6.30. The second-order valence-corrected chi connectivity index (χ2v) is 7.76. The molecule has 10 nitrogen and oxygen atoms in total. The van der Waals surface area contributed by atoms with Crippen LogP contribution in [0, 0.1) is 22.0 Å². The fourth-order valence-electron chi connectivity index (χ4n) is 4.28. The SMILES string of the molecule is COC(=O)[C@H]1[C@@H](c2ccc([N+](=O)[O-])cc2)N[C@](C(=O)OC)(c2ccc(Cl)cc2)[C@H]1C(=O)OC. The Morgan fingerprint density at radius 1 is 0.939 bits per heavy atom. The van der Waals surface area contributed by atoms with Crippen molar-refractivity contribution < 1.29 is 33.5 Å². The number of nitro groups is 1. The van der Waals surface area contributed by atoms with Gasteiger partial charge in [-0.05, 0) is 23.3 Å². The number of ether oxygens (including phenoxy) is 3. The van der Waals surface area contributed by atoms with E-state index in [4.69, 9.17) is 25.8 Å². The van der Waals surface area contributed by atoms with Crippen molar-refractivity contribution in [2.24, 2.45) is 11.8 Å². The lowest BCUT2D eigenvalue weighted by atomic mass is 9.74. The number of carbonyl (C=O) groups excluding carboxylic acids is 3. The van der Waals surface area contributed by atoms with Gasteiger partial charge in [-0.2, -0.15) is 0 Å². The first-order valence-corrected chi connectivity index (χ1v) is 10.1. The van der Waals surface area contributed by atoms with E-state index in [1.165, 1.54) is 48.5 Å². The van der Waals surface area contributed by atoms with Gasteiger partial charge in [-0.25, -0.2) is 4.79 Å². The number of esters is 3. The maximum Gasteiger partial charge on any atom is 0.331 e. The summed E-state index contributed by atoms with van der Waals surface area (Å²) in [7, 11) is 3.45. The van der Waals surface area contributed by atoms with Crippen molar-refractivity contribution in [3.05, 3.63) is 74.8 Å². The first-order valence-electron chi connectivity index (χ1n) is 9.73. The summed E-state index contributed by atoms with van der Waals surface area (Å²) in [6, 6.07) is 10.6. The van der Waals surface area contributed by atoms with Gasteiger partial charge < -0.3 is 14.2 Å². The maximum atomic E-state index is 13.3. The van der Waals surface area contributed by atoms with E-state index in [1.807, 2.05) is 0 Å². The molecule has 0 aliphatic carbocycles. The average Bonchev–Trinajstić information content (AvgIpc) is 3.20. The van der Waals surface area contributed by atoms with Crippen molar-refractivity contribution in [1.82, 2.24) is 5.32 Å². The van der Waals surface area contributed by atoms with Gasteiger partial charge in [0.25, 0.3) is 5.69 Å². The van der Waals surface area contributed by atoms with Crippen LogP contribution in [0.5, 0.6) is 0 Å². The third-order valence-corrected chi connectivity index (χ3v) is 6.02. The second-order valence-electron chi connectivity index (χ2n) is 7.33. The van der Waals surface area contributed by atoms with Gasteiger partial charge in [0.15, 0.2) is 5.54 Å². The first-order chi connectivity index (χ1) is 15.7. The van der Waals surface area contributed by atoms with Crippen LogP contribution in [0.25, 0.3) is 0 Å². The molecule has 4 atom stereocenters. The van der Waals surface area contributed by atoms with E-state index < -0.39 is 46.2 Å². The Morgan fingerprint density at radius 2 is 1.52 bits per heavy atom. The average molecular weight is 477 g/mol. The molecule has 1 aliphatic rings. The predicted octanol–water partition coefficient (Wildman–Crippen LogP) is 2.54. The zero-order valence-electron chi connectivity index (χ0n) is 17.9. The third kappa shape index (κ3) is 4.14. The fraction of sp³-hybridized carbons (Fsp3) is 0.318. The summed E-state index contributed by atoms with van der Waals surface area (Å²) in [5, 5.41) is 14.5. The summed E-state index contributed by atoms with van der Waals surface area (Å²) < 4.78 is 15.0. The zero-order valence-corrected chi connectivity index (χ0v) is 18.7. The monoisotopic (exact) mass is 476 g/mol. The summed E-state index contributed by atoms with van der Waals surface area (Å²) in [6.07, 6.45) is 0. The molecule has 2 aromatic carbocycles. The second kappa shape index (κ2) is 9.55. The number of nitro benzene ring substituents is 1. The van der Waals surface area contributed by atoms with Crippen LogP contribution in [0.2, 0.25) is 5.02 Å². The summed E-state index contributed by atoms with van der Waals surface area (Å²) in [6.45, 7) is 0. The minimum absolute atomic E-state index is 0.159. The topological polar surface area (TPSA) is 134 Å². The zero-order chi connectivity index (χ0) is 24.3. The lowest BCUT2D eigenvalue weighted by Gasteiger charge is -2.32. The highest BCUT2D eigenvalue weighted by atomic mass is 35.5. The minimum atomic E-state index is -1.84. The number of hydrogen-bond donors (Lipinski definition) is 1. The van der Waals surface area contributed by atoms with Crippen LogP contribution < -0.4 is 5.32 Å². The van der Waals surface area contributed by atoms with Gasteiger partial charge in [0.1, 0.15) is 5.92 Å². The highest BCUT2D eigenvalue weighted by Gasteiger charge is 2.65. The number of non-ortho nitro benzene ring substituents is 1. The Morgan fingerprint density at radius 3 is 2.00 bits per heavy atom. The normalized spacial score (nSPS) is 24.1. The van der Waals surface area contributed by atoms with E-state index in [2.05, 4.69) is 5.32 Å². The van der Waals surface area contributed by atoms with E-state index in [-0.39, 0.29) is 5.69 Å². The first kappa shape index (κ1) is 24.1. The van der Waals surface area contributed by atoms with Gasteiger partial charge in [-0.3, -0.25) is 25.0 Å². The van der Waals surface area contributed by atoms with Crippen molar-refractivity contribution in [2.45, 2.75) is 11.6 Å². The number of halogens is 1. The van der Waals surface area contributed by atoms with Gasteiger partial charge in [0.05, 0.1) is 32.2 Å². The van der Waals surface area contributed by atoms with E-state index in [1.54, 1.807) is 0 Å². The number of rotatable bonds is 6. The Balaban J connectivity index is 2.28. The van der Waals surface area contributed by atoms with Gasteiger partial charge in [0, 0.05) is 23.2 Å². The molecule has 1 N–H and O–H groups in total. The number of nitrogens with one attached hydrogen (secondary N) is 1. The number of benzene rings is 2. The van der Waals surface area contributed by atoms with E-state index in [0.29, 0.717) is 16.1 Å². The van der Waals surface area contributed by atoms with Crippen LogP contribution in [-0.2, 0) is 34.1 Å². The summed E-state index contributed by atoms with van der Waals surface area (Å²) >= 11 is 6.01. The van der Waals surface area contributed by atoms with Crippen molar-refractivity contribution >= 4 is 35.2 Å². The number of nitrogens with zero attached hydrogens (tertiary/aromatic N) is 1. The molecule has 1 heterocycles. The molecule has 174 valence electrons. The third-order valence-electron chi connectivity index (χ3n) is 5.77. The Labute approximate surface area is 193 Å². The lowest BCUT2D eigenvalue weighted by Crippen LogP contribution is -2.53. The molecular weight excluding hydrogens is 456 g/mol. The molecule has 0 saturated carbocycles. The van der Waals surface area contributed by atoms with E-state index in [9.17, 15) is 24.5 Å². The summed E-state index contributed by atoms with van der Waals surface area (Å²) in [5.74, 6) is -5.07. The standard InChI is InChI=1S/C22H21ClN2O8/c1-31-19(26)16-17(20(27)32-2)22(21(28)33-3,13-6-8-14(23)9-7-13)24-18(16)12-4-10-15(11-5-12)25(29)30/h4-11,16-18,24H,1-3H3/t16-,17-,18-,22-/m1/s1. The van der Waals surface area contributed by atoms with Crippen LogP contribution in [0.3, 0.4) is 0 Å². The number of methoxy groups -OCH3 is 3. The minimum Gasteiger partial charge on any atom is -0.469 e. The Bertz CT molecular complexity index is 1070. The molecule has 1 fully saturated rings. The predicted molar refractivity (Wildman–Crippen MR) is 115 cm³/mol. The number of hydrogen-bond acceptors (Lipinski definition) is 9. The van der Waals surface area contributed by atoms with Crippen LogP contribution in [0.1, 0.15) is 17.2 Å². The lowest BCUT2D eigenvalue weighted by molar-refractivity contribution is -0.384. The molecule has 0 amide bonds. The van der Waals surface area contributed by atoms with Gasteiger partial charge >= 0.3 is 17.9 Å². The highest BCUT2D eigenvalue weighted by Crippen LogP contribution is 2.50. The fourth-order valence-corrected chi connectivity index (χ4v) is 4.41. The molecule has 0 radical (unpaired) electrons. The smallest absolute Gasteiger partial charge is 0.331 e. The van der Waals surface area contributed by atoms with Crippen molar-refractivity contribution in [3.8, 4) is 0 Å². The van der Waals surface area contributed by atoms with Crippen molar-refractivity contribution in [1.29, 1.82) is 0 Å². The molecule has 33 heavy (non-hydrogen) atoms. The molecule has 0 bridgehead atoms. The molecule has 1 saturated heterocycles. The molecular formula is C22H21ClN2O8. The molecule has 0 spiro atoms. The Kier molecular flexibility index (Phi) is 6.99. The molecule has 0 unspecified atom stereocenters. The summed E-state index contributed by atoms with van der Waals surface area (Å²) in [4.78, 5) is 49.7. The van der Waals surface area contributed by atoms with Crippen LogP contribution in [0.15, 0.2) is 48.5 Å². The van der Waals surface area contributed by atoms with Gasteiger partial charge in [-0.15, -0.1) is 0 Å². The van der Waals surface area contributed by atoms with Crippen LogP contribution in [-0.4, -0.2) is 44.2 Å². The van der Waals surface area contributed by atoms with E-state index >= 15 is 0 Å². The van der Waals surface area contributed by atoms with E-state index in [0.717, 1.165) is 21.3 Å². The number of carbonyl (C=O) groups is 3. The van der Waals surface area contributed by atoms with Crippen molar-refractivity contribution in [2.75, 3.05) is 21.3 Å². The largest absolute Gasteiger partial charge is 0.469 e. The van der Waals surface area contributed by atoms with Gasteiger partial charge in [-0.1, -0.05) is 35.9 Å².